The highest BCUT2D eigenvalue weighted by Gasteiger charge is 2.34. The second-order valence-corrected chi connectivity index (χ2v) is 11.5. The van der Waals surface area contributed by atoms with Crippen molar-refractivity contribution in [1.82, 2.24) is 4.90 Å². The van der Waals surface area contributed by atoms with Crippen LogP contribution in [0.5, 0.6) is 23.0 Å². The maximum Gasteiger partial charge on any atom is 0.344 e. The third-order valence-corrected chi connectivity index (χ3v) is 7.07. The predicted molar refractivity (Wildman–Crippen MR) is 163 cm³/mol. The zero-order valence-corrected chi connectivity index (χ0v) is 26.3. The van der Waals surface area contributed by atoms with Crippen molar-refractivity contribution in [2.75, 3.05) is 26.4 Å². The predicted octanol–water partition coefficient (Wildman–Crippen LogP) is 6.26. The van der Waals surface area contributed by atoms with Crippen LogP contribution in [0.25, 0.3) is 0 Å². The summed E-state index contributed by atoms with van der Waals surface area (Å²) >= 11 is 0. The number of aliphatic carboxylic acids is 1. The van der Waals surface area contributed by atoms with Crippen molar-refractivity contribution < 1.29 is 38.0 Å². The quantitative estimate of drug-likeness (QED) is 0.166. The lowest BCUT2D eigenvalue weighted by molar-refractivity contribution is -0.145. The van der Waals surface area contributed by atoms with Gasteiger partial charge in [-0.05, 0) is 55.9 Å². The number of benzene rings is 2. The highest BCUT2D eigenvalue weighted by atomic mass is 19.1. The van der Waals surface area contributed by atoms with Gasteiger partial charge < -0.3 is 29.0 Å². The minimum Gasteiger partial charge on any atom is -0.490 e. The number of nitrogens with zero attached hydrogens (tertiary/aromatic N) is 2. The Hall–Kier alpha value is -4.33. The molecule has 1 aliphatic heterocycles. The fourth-order valence-electron chi connectivity index (χ4n) is 4.94. The molecule has 3 rings (SSSR count). The minimum absolute atomic E-state index is 0.0580. The molecule has 0 radical (unpaired) electrons. The summed E-state index contributed by atoms with van der Waals surface area (Å²) in [4.78, 5) is 27.2. The Balaban J connectivity index is 2.01. The summed E-state index contributed by atoms with van der Waals surface area (Å²) in [6, 6.07) is 6.89. The Morgan fingerprint density at radius 2 is 1.77 bits per heavy atom. The molecule has 1 heterocycles. The number of nitrogens with one attached hydrogen (secondary N) is 1. The molecule has 11 heteroatoms. The van der Waals surface area contributed by atoms with Crippen molar-refractivity contribution in [3.63, 3.8) is 0 Å². The lowest BCUT2D eigenvalue weighted by Gasteiger charge is -2.28. The molecular weight excluding hydrogens is 569 g/mol. The second kappa shape index (κ2) is 14.9. The van der Waals surface area contributed by atoms with Crippen molar-refractivity contribution in [1.29, 1.82) is 10.7 Å². The Morgan fingerprint density at radius 3 is 2.36 bits per heavy atom. The molecule has 0 aromatic heterocycles. The van der Waals surface area contributed by atoms with E-state index in [2.05, 4.69) is 6.07 Å². The maximum atomic E-state index is 15.5. The average molecular weight is 612 g/mol. The van der Waals surface area contributed by atoms with Crippen LogP contribution in [0.3, 0.4) is 0 Å². The Labute approximate surface area is 258 Å². The number of amidine groups is 1. The van der Waals surface area contributed by atoms with Gasteiger partial charge in [0.05, 0.1) is 38.0 Å². The number of rotatable bonds is 16. The van der Waals surface area contributed by atoms with E-state index in [4.69, 9.17) is 29.6 Å². The van der Waals surface area contributed by atoms with Crippen molar-refractivity contribution in [2.24, 2.45) is 0 Å². The molecule has 10 nitrogen and oxygen atoms in total. The lowest BCUT2D eigenvalue weighted by atomic mass is 9.84. The zero-order valence-electron chi connectivity index (χ0n) is 26.3. The molecule has 1 atom stereocenters. The molecule has 0 aliphatic carbocycles. The summed E-state index contributed by atoms with van der Waals surface area (Å²) in [5.41, 5.74) is 0.865. The van der Waals surface area contributed by atoms with Gasteiger partial charge in [-0.2, -0.15) is 5.26 Å². The highest BCUT2D eigenvalue weighted by Crippen LogP contribution is 2.42. The Bertz CT molecular complexity index is 1430. The standard InChI is InChI=1S/C33H42FN3O7/c1-7-12-24(32(39)40)44-29-22(33(4,5)6)15-20(16-25(29)43-14-11-10-13-35)23(38)19-37-18-21-17-26(41-8-2)30(42-9-3)28(34)27(21)31(37)36/h15-17,24,36H,7-12,14,18-19H2,1-6H3,(H,39,40). The number of unbranched alkanes of at least 4 members (excludes halogenated alkanes) is 1. The number of ketones is 1. The van der Waals surface area contributed by atoms with Crippen LogP contribution in [0.1, 0.15) is 94.3 Å². The van der Waals surface area contributed by atoms with Crippen LogP contribution in [0, 0.1) is 22.6 Å². The molecule has 0 saturated carbocycles. The SMILES string of the molecule is CCCC(Oc1c(OCCCC#N)cc(C(=O)CN2Cc3cc(OCC)c(OCC)c(F)c3C2=N)cc1C(C)(C)C)C(=O)O. The highest BCUT2D eigenvalue weighted by molar-refractivity contribution is 6.06. The van der Waals surface area contributed by atoms with Gasteiger partial charge in [-0.25, -0.2) is 9.18 Å². The summed E-state index contributed by atoms with van der Waals surface area (Å²) in [6.07, 6.45) is 0.430. The van der Waals surface area contributed by atoms with Gasteiger partial charge >= 0.3 is 5.97 Å². The molecule has 2 aromatic rings. The van der Waals surface area contributed by atoms with Gasteiger partial charge in [0.25, 0.3) is 0 Å². The second-order valence-electron chi connectivity index (χ2n) is 11.5. The number of carbonyl (C=O) groups excluding carboxylic acids is 1. The van der Waals surface area contributed by atoms with Crippen molar-refractivity contribution >= 4 is 17.6 Å². The summed E-state index contributed by atoms with van der Waals surface area (Å²) in [7, 11) is 0. The molecule has 0 bridgehead atoms. The molecule has 0 saturated heterocycles. The van der Waals surface area contributed by atoms with Gasteiger partial charge in [-0.1, -0.05) is 34.1 Å². The van der Waals surface area contributed by atoms with Gasteiger partial charge in [0, 0.05) is 24.1 Å². The number of nitriles is 1. The number of hydrogen-bond donors (Lipinski definition) is 2. The fourth-order valence-corrected chi connectivity index (χ4v) is 4.94. The average Bonchev–Trinajstić information content (AvgIpc) is 3.27. The molecule has 2 N–H and O–H groups in total. The third kappa shape index (κ3) is 7.78. The molecule has 238 valence electrons. The number of Topliss-reactive ketones (excluding diaryl/α,β-unsaturated/α-hetero) is 1. The molecule has 1 aliphatic rings. The normalized spacial score (nSPS) is 13.2. The first-order valence-electron chi connectivity index (χ1n) is 14.9. The number of ether oxygens (including phenoxy) is 4. The van der Waals surface area contributed by atoms with Crippen LogP contribution >= 0.6 is 0 Å². The van der Waals surface area contributed by atoms with E-state index >= 15 is 4.39 Å². The Morgan fingerprint density at radius 1 is 1.09 bits per heavy atom. The number of hydrogen-bond acceptors (Lipinski definition) is 8. The molecule has 1 unspecified atom stereocenters. The maximum absolute atomic E-state index is 15.5. The van der Waals surface area contributed by atoms with Gasteiger partial charge in [0.15, 0.2) is 40.7 Å². The van der Waals surface area contributed by atoms with Gasteiger partial charge in [-0.3, -0.25) is 10.2 Å². The molecule has 0 spiro atoms. The number of carboxylic acid groups (broad SMARTS) is 1. The van der Waals surface area contributed by atoms with E-state index in [-0.39, 0.29) is 84.9 Å². The topological polar surface area (TPSA) is 142 Å². The van der Waals surface area contributed by atoms with Crippen LogP contribution in [-0.2, 0) is 16.8 Å². The van der Waals surface area contributed by atoms with E-state index in [1.54, 1.807) is 26.0 Å². The first kappa shape index (κ1) is 34.2. The first-order valence-corrected chi connectivity index (χ1v) is 14.9. The molecule has 0 amide bonds. The summed E-state index contributed by atoms with van der Waals surface area (Å²) in [6.45, 7) is 11.7. The van der Waals surface area contributed by atoms with E-state index in [9.17, 15) is 14.7 Å². The van der Waals surface area contributed by atoms with E-state index in [1.165, 1.54) is 11.0 Å². The van der Waals surface area contributed by atoms with E-state index in [0.29, 0.717) is 30.6 Å². The van der Waals surface area contributed by atoms with Gasteiger partial charge in [0.1, 0.15) is 5.84 Å². The number of carbonyl (C=O) groups is 2. The molecule has 44 heavy (non-hydrogen) atoms. The van der Waals surface area contributed by atoms with Gasteiger partial charge in [0.2, 0.25) is 0 Å². The van der Waals surface area contributed by atoms with Gasteiger partial charge in [-0.15, -0.1) is 0 Å². The zero-order chi connectivity index (χ0) is 32.6. The van der Waals surface area contributed by atoms with Crippen molar-refractivity contribution in [3.8, 4) is 29.1 Å². The van der Waals surface area contributed by atoms with E-state index in [0.717, 1.165) is 0 Å². The lowest BCUT2D eigenvalue weighted by Crippen LogP contribution is -2.31. The number of carboxylic acids is 1. The van der Waals surface area contributed by atoms with Crippen LogP contribution < -0.4 is 18.9 Å². The smallest absolute Gasteiger partial charge is 0.344 e. The third-order valence-electron chi connectivity index (χ3n) is 7.07. The first-order chi connectivity index (χ1) is 20.9. The summed E-state index contributed by atoms with van der Waals surface area (Å²) in [5, 5.41) is 27.4. The van der Waals surface area contributed by atoms with E-state index < -0.39 is 23.3 Å². The summed E-state index contributed by atoms with van der Waals surface area (Å²) < 4.78 is 38.7. The van der Waals surface area contributed by atoms with Crippen molar-refractivity contribution in [3.05, 3.63) is 46.3 Å². The van der Waals surface area contributed by atoms with Crippen molar-refractivity contribution in [2.45, 2.75) is 85.3 Å². The monoisotopic (exact) mass is 611 g/mol. The number of fused-ring (bicyclic) bond motifs is 1. The fraction of sp³-hybridized carbons (Fsp3) is 0.515. The summed E-state index contributed by atoms with van der Waals surface area (Å²) in [5.74, 6) is -1.66. The minimum atomic E-state index is -1.12. The molecular formula is C33H42FN3O7. The van der Waals surface area contributed by atoms with Crippen LogP contribution in [0.15, 0.2) is 18.2 Å². The largest absolute Gasteiger partial charge is 0.490 e. The molecule has 0 fully saturated rings. The number of halogens is 1. The van der Waals surface area contributed by atoms with Crippen LogP contribution in [0.4, 0.5) is 4.39 Å². The van der Waals surface area contributed by atoms with E-state index in [1.807, 2.05) is 27.7 Å². The molecule has 2 aromatic carbocycles. The Kier molecular flexibility index (Phi) is 11.6. The van der Waals surface area contributed by atoms with Crippen LogP contribution in [0.2, 0.25) is 0 Å². The van der Waals surface area contributed by atoms with Crippen LogP contribution in [-0.4, -0.2) is 60.1 Å².